The first-order valence-corrected chi connectivity index (χ1v) is 11.0. The second-order valence-electron chi connectivity index (χ2n) is 10.5. The Kier molecular flexibility index (Phi) is 4.04. The van der Waals surface area contributed by atoms with Gasteiger partial charge in [0.15, 0.2) is 0 Å². The van der Waals surface area contributed by atoms with Crippen LogP contribution in [0.4, 0.5) is 0 Å². The highest BCUT2D eigenvalue weighted by atomic mass is 14.7. The summed E-state index contributed by atoms with van der Waals surface area (Å²) in [4.78, 5) is 0. The molecule has 0 aromatic heterocycles. The third-order valence-electron chi connectivity index (χ3n) is 9.98. The topological polar surface area (TPSA) is 0 Å². The Morgan fingerprint density at radius 3 is 2.62 bits per heavy atom. The average Bonchev–Trinajstić information content (AvgIpc) is 2.83. The molecular weight excluding hydrogens is 312 g/mol. The van der Waals surface area contributed by atoms with Crippen molar-refractivity contribution in [1.82, 2.24) is 0 Å². The summed E-state index contributed by atoms with van der Waals surface area (Å²) in [5.41, 5.74) is 5.37. The monoisotopic (exact) mass is 350 g/mol. The molecular formula is C26H38. The van der Waals surface area contributed by atoms with E-state index in [1.54, 1.807) is 5.57 Å². The zero-order valence-electron chi connectivity index (χ0n) is 17.7. The zero-order valence-corrected chi connectivity index (χ0v) is 17.7. The fourth-order valence-corrected chi connectivity index (χ4v) is 7.97. The van der Waals surface area contributed by atoms with Crippen molar-refractivity contribution in [1.29, 1.82) is 0 Å². The van der Waals surface area contributed by atoms with Crippen molar-refractivity contribution >= 4 is 0 Å². The van der Waals surface area contributed by atoms with Crippen LogP contribution in [0.3, 0.4) is 0 Å². The molecule has 0 saturated heterocycles. The van der Waals surface area contributed by atoms with Crippen molar-refractivity contribution in [2.24, 2.45) is 39.9 Å². The molecule has 0 heteroatoms. The van der Waals surface area contributed by atoms with Gasteiger partial charge in [0.25, 0.3) is 0 Å². The van der Waals surface area contributed by atoms with Gasteiger partial charge in [0, 0.05) is 5.41 Å². The van der Waals surface area contributed by atoms with Crippen LogP contribution >= 0.6 is 0 Å². The summed E-state index contributed by atoms with van der Waals surface area (Å²) >= 11 is 0. The van der Waals surface area contributed by atoms with Gasteiger partial charge in [-0.05, 0) is 78.6 Å². The molecule has 4 rings (SSSR count). The Bertz CT molecular complexity index is 706. The molecule has 6 unspecified atom stereocenters. The van der Waals surface area contributed by atoms with E-state index >= 15 is 0 Å². The van der Waals surface area contributed by atoms with Crippen LogP contribution in [0.5, 0.6) is 0 Å². The van der Waals surface area contributed by atoms with Gasteiger partial charge < -0.3 is 0 Å². The second kappa shape index (κ2) is 5.73. The summed E-state index contributed by atoms with van der Waals surface area (Å²) in [6.07, 6.45) is 15.1. The maximum atomic E-state index is 4.58. The lowest BCUT2D eigenvalue weighted by molar-refractivity contribution is -0.0546. The molecule has 0 spiro atoms. The predicted octanol–water partition coefficient (Wildman–Crippen LogP) is 7.50. The average molecular weight is 351 g/mol. The zero-order chi connectivity index (χ0) is 18.9. The first-order chi connectivity index (χ1) is 12.2. The Morgan fingerprint density at radius 2 is 1.92 bits per heavy atom. The molecule has 0 N–H and O–H groups in total. The van der Waals surface area contributed by atoms with Crippen LogP contribution in [0.25, 0.3) is 0 Å². The van der Waals surface area contributed by atoms with Gasteiger partial charge in [0.2, 0.25) is 0 Å². The van der Waals surface area contributed by atoms with Gasteiger partial charge in [-0.25, -0.2) is 0 Å². The highest BCUT2D eigenvalue weighted by Gasteiger charge is 2.64. The van der Waals surface area contributed by atoms with Crippen LogP contribution in [0.15, 0.2) is 48.1 Å². The van der Waals surface area contributed by atoms with Gasteiger partial charge in [-0.2, -0.15) is 0 Å². The molecule has 3 fully saturated rings. The minimum Gasteiger partial charge on any atom is -0.0993 e. The largest absolute Gasteiger partial charge is 0.0993 e. The molecule has 0 heterocycles. The number of hydrogen-bond donors (Lipinski definition) is 0. The fraction of sp³-hybridized carbons (Fsp3) is 0.692. The Morgan fingerprint density at radius 1 is 1.19 bits per heavy atom. The van der Waals surface area contributed by atoms with E-state index in [-0.39, 0.29) is 5.41 Å². The van der Waals surface area contributed by atoms with E-state index in [9.17, 15) is 0 Å². The molecule has 0 aromatic rings. The van der Waals surface area contributed by atoms with E-state index in [1.165, 1.54) is 43.3 Å². The van der Waals surface area contributed by atoms with E-state index in [0.29, 0.717) is 10.8 Å². The number of fused-ring (bicyclic) bond motifs is 5. The third-order valence-corrected chi connectivity index (χ3v) is 9.98. The van der Waals surface area contributed by atoms with Gasteiger partial charge in [-0.1, -0.05) is 77.2 Å². The van der Waals surface area contributed by atoms with E-state index in [4.69, 9.17) is 0 Å². The third kappa shape index (κ3) is 2.08. The van der Waals surface area contributed by atoms with Crippen LogP contribution in [-0.4, -0.2) is 0 Å². The van der Waals surface area contributed by atoms with Crippen LogP contribution < -0.4 is 0 Å². The normalized spacial score (nSPS) is 49.9. The maximum absolute atomic E-state index is 4.58. The lowest BCUT2D eigenvalue weighted by Crippen LogP contribution is -2.52. The van der Waals surface area contributed by atoms with Crippen LogP contribution in [0.2, 0.25) is 0 Å². The molecule has 0 aliphatic heterocycles. The molecule has 26 heavy (non-hydrogen) atoms. The SMILES string of the molecule is C=C1C=CC2(C)C(=C1)CCC1C2CCC2(C)C1C[C@@H](C)C2(C)C(=C)CC. The van der Waals surface area contributed by atoms with Crippen LogP contribution in [0, 0.1) is 39.9 Å². The maximum Gasteiger partial charge on any atom is 0.0100 e. The molecule has 0 radical (unpaired) electrons. The van der Waals surface area contributed by atoms with Crippen LogP contribution in [0.1, 0.15) is 73.1 Å². The molecule has 0 bridgehead atoms. The number of hydrogen-bond acceptors (Lipinski definition) is 0. The minimum atomic E-state index is 0.273. The van der Waals surface area contributed by atoms with Gasteiger partial charge in [-0.3, -0.25) is 0 Å². The van der Waals surface area contributed by atoms with Crippen molar-refractivity contribution < 1.29 is 0 Å². The van der Waals surface area contributed by atoms with E-state index in [1.807, 2.05) is 0 Å². The Hall–Kier alpha value is -1.04. The summed E-state index contributed by atoms with van der Waals surface area (Å²) in [6, 6.07) is 0. The molecule has 7 atom stereocenters. The molecule has 4 aliphatic rings. The van der Waals surface area contributed by atoms with Crippen molar-refractivity contribution in [2.75, 3.05) is 0 Å². The summed E-state index contributed by atoms with van der Waals surface area (Å²) in [7, 11) is 0. The Balaban J connectivity index is 1.72. The van der Waals surface area contributed by atoms with E-state index < -0.39 is 0 Å². The summed E-state index contributed by atoms with van der Waals surface area (Å²) in [5, 5.41) is 0. The van der Waals surface area contributed by atoms with Crippen molar-refractivity contribution in [3.63, 3.8) is 0 Å². The minimum absolute atomic E-state index is 0.273. The summed E-state index contributed by atoms with van der Waals surface area (Å²) in [5.74, 6) is 3.31. The quantitative estimate of drug-likeness (QED) is 0.452. The molecule has 4 aliphatic carbocycles. The van der Waals surface area contributed by atoms with Crippen molar-refractivity contribution in [2.45, 2.75) is 73.1 Å². The second-order valence-corrected chi connectivity index (χ2v) is 10.5. The number of allylic oxidation sites excluding steroid dienone is 6. The number of rotatable bonds is 2. The van der Waals surface area contributed by atoms with Gasteiger partial charge in [-0.15, -0.1) is 0 Å². The first kappa shape index (κ1) is 18.3. The lowest BCUT2D eigenvalue weighted by Gasteiger charge is -2.59. The highest BCUT2D eigenvalue weighted by molar-refractivity contribution is 5.43. The first-order valence-electron chi connectivity index (χ1n) is 11.0. The van der Waals surface area contributed by atoms with Gasteiger partial charge in [0.05, 0.1) is 0 Å². The smallest absolute Gasteiger partial charge is 0.0100 e. The predicted molar refractivity (Wildman–Crippen MR) is 113 cm³/mol. The summed E-state index contributed by atoms with van der Waals surface area (Å²) in [6.45, 7) is 21.3. The standard InChI is InChI=1S/C26H38/c1-8-18(3)26(7)19(4)16-23-21-10-9-20-15-17(2)11-13-24(20,5)22(21)12-14-25(23,26)6/h11,13,15,19,21-23H,2-3,8-10,12,14,16H2,1,4-7H3/t19-,21?,22?,23?,24?,25?,26?/m1/s1. The molecule has 0 amide bonds. The summed E-state index contributed by atoms with van der Waals surface area (Å²) < 4.78 is 0. The van der Waals surface area contributed by atoms with Gasteiger partial charge in [0.1, 0.15) is 0 Å². The fourth-order valence-electron chi connectivity index (χ4n) is 7.97. The molecule has 0 nitrogen and oxygen atoms in total. The molecule has 3 saturated carbocycles. The van der Waals surface area contributed by atoms with Gasteiger partial charge >= 0.3 is 0 Å². The highest BCUT2D eigenvalue weighted by Crippen LogP contribution is 2.72. The molecule has 142 valence electrons. The van der Waals surface area contributed by atoms with Crippen molar-refractivity contribution in [3.8, 4) is 0 Å². The molecule has 0 aromatic carbocycles. The Labute approximate surface area is 161 Å². The van der Waals surface area contributed by atoms with Crippen molar-refractivity contribution in [3.05, 3.63) is 48.1 Å². The van der Waals surface area contributed by atoms with E-state index in [0.717, 1.165) is 30.1 Å². The van der Waals surface area contributed by atoms with E-state index in [2.05, 4.69) is 66.0 Å². The van der Waals surface area contributed by atoms with Crippen LogP contribution in [-0.2, 0) is 0 Å². The lowest BCUT2D eigenvalue weighted by atomic mass is 9.45.